The molecule has 0 bridgehead atoms. The Labute approximate surface area is 175 Å². The molecule has 2 aromatic carbocycles. The first-order valence-electron chi connectivity index (χ1n) is 8.75. The molecule has 172 valence electrons. The second-order valence-corrected chi connectivity index (χ2v) is 6.66. The molecule has 32 heavy (non-hydrogen) atoms. The number of alkyl halides is 7. The fourth-order valence-electron chi connectivity index (χ4n) is 2.69. The van der Waals surface area contributed by atoms with Crippen LogP contribution in [0.2, 0.25) is 0 Å². The number of rotatable bonds is 7. The molecule has 1 aliphatic carbocycles. The van der Waals surface area contributed by atoms with E-state index in [1.165, 1.54) is 24.3 Å². The summed E-state index contributed by atoms with van der Waals surface area (Å²) in [6.07, 6.45) is -10.2. The Balaban J connectivity index is 1.88. The van der Waals surface area contributed by atoms with Gasteiger partial charge in [0.2, 0.25) is 5.67 Å². The van der Waals surface area contributed by atoms with Crippen LogP contribution in [-0.4, -0.2) is 41.2 Å². The van der Waals surface area contributed by atoms with Gasteiger partial charge in [0.15, 0.2) is 0 Å². The van der Waals surface area contributed by atoms with Gasteiger partial charge in [-0.1, -0.05) is 0 Å². The summed E-state index contributed by atoms with van der Waals surface area (Å²) in [5, 5.41) is 12.8. The van der Waals surface area contributed by atoms with Crippen molar-refractivity contribution in [2.75, 3.05) is 0 Å². The Morgan fingerprint density at radius 1 is 0.906 bits per heavy atom. The van der Waals surface area contributed by atoms with E-state index in [1.54, 1.807) is 0 Å². The van der Waals surface area contributed by atoms with Crippen LogP contribution in [0.1, 0.15) is 17.5 Å². The van der Waals surface area contributed by atoms with E-state index in [2.05, 4.69) is 20.0 Å². The van der Waals surface area contributed by atoms with Gasteiger partial charge in [-0.3, -0.25) is 0 Å². The first-order chi connectivity index (χ1) is 14.8. The smallest absolute Gasteiger partial charge is 0.479 e. The second-order valence-electron chi connectivity index (χ2n) is 6.66. The third-order valence-electron chi connectivity index (χ3n) is 4.30. The molecule has 0 spiro atoms. The highest BCUT2D eigenvalue weighted by atomic mass is 19.4. The molecule has 0 amide bonds. The topological polar surface area (TPSA) is 80.2 Å². The molecule has 3 rings (SSSR count). The second kappa shape index (κ2) is 8.20. The molecule has 2 N–H and O–H groups in total. The quantitative estimate of drug-likeness (QED) is 0.360. The molecule has 0 saturated heterocycles. The number of benzene rings is 2. The average Bonchev–Trinajstić information content (AvgIpc) is 3.34. The normalized spacial score (nSPS) is 20.3. The Kier molecular flexibility index (Phi) is 5.94. The van der Waals surface area contributed by atoms with Crippen molar-refractivity contribution in [3.63, 3.8) is 0 Å². The summed E-state index contributed by atoms with van der Waals surface area (Å²) in [6, 6.07) is 7.52. The molecule has 1 saturated carbocycles. The maximum absolute atomic E-state index is 14.0. The molecule has 1 fully saturated rings. The first kappa shape index (κ1) is 23.2. The van der Waals surface area contributed by atoms with Crippen LogP contribution >= 0.6 is 0 Å². The fourth-order valence-corrected chi connectivity index (χ4v) is 2.69. The summed E-state index contributed by atoms with van der Waals surface area (Å²) < 4.78 is 95.6. The van der Waals surface area contributed by atoms with Crippen LogP contribution in [0, 0.1) is 0 Å². The lowest BCUT2D eigenvalue weighted by Gasteiger charge is -2.13. The number of aliphatic carboxylic acids is 1. The highest BCUT2D eigenvalue weighted by Gasteiger charge is 2.63. The average molecular weight is 466 g/mol. The SMILES string of the molecule is O=C(O)C1(F)CC1NN=C(c1ccc(OC(F)(F)F)cc1)c1ccc(OC(F)(F)F)cc1. The van der Waals surface area contributed by atoms with Gasteiger partial charge in [-0.15, -0.1) is 26.3 Å². The van der Waals surface area contributed by atoms with Gasteiger partial charge in [0.25, 0.3) is 0 Å². The van der Waals surface area contributed by atoms with Gasteiger partial charge < -0.3 is 20.0 Å². The third-order valence-corrected chi connectivity index (χ3v) is 4.30. The molecular formula is C19H13F7N2O4. The van der Waals surface area contributed by atoms with Crippen molar-refractivity contribution >= 4 is 11.7 Å². The summed E-state index contributed by atoms with van der Waals surface area (Å²) in [5.41, 5.74) is 0.201. The van der Waals surface area contributed by atoms with E-state index < -0.39 is 41.9 Å². The summed E-state index contributed by atoms with van der Waals surface area (Å²) in [5.74, 6) is -2.74. The number of hydrazone groups is 1. The van der Waals surface area contributed by atoms with Gasteiger partial charge in [0.05, 0.1) is 11.8 Å². The summed E-state index contributed by atoms with van der Waals surface area (Å²) >= 11 is 0. The number of nitrogens with one attached hydrogen (secondary N) is 1. The number of carbonyl (C=O) groups is 1. The van der Waals surface area contributed by atoms with Crippen LogP contribution in [0.3, 0.4) is 0 Å². The van der Waals surface area contributed by atoms with Crippen molar-refractivity contribution in [2.24, 2.45) is 5.10 Å². The first-order valence-corrected chi connectivity index (χ1v) is 8.75. The Bertz CT molecular complexity index is 943. The zero-order valence-electron chi connectivity index (χ0n) is 15.7. The predicted octanol–water partition coefficient (Wildman–Crippen LogP) is 4.39. The molecule has 0 heterocycles. The summed E-state index contributed by atoms with van der Waals surface area (Å²) in [7, 11) is 0. The number of ether oxygens (including phenoxy) is 2. The molecule has 1 aliphatic rings. The van der Waals surface area contributed by atoms with Crippen LogP contribution in [0.5, 0.6) is 11.5 Å². The molecule has 2 aromatic rings. The molecule has 2 atom stereocenters. The monoisotopic (exact) mass is 466 g/mol. The van der Waals surface area contributed by atoms with E-state index in [0.29, 0.717) is 0 Å². The highest BCUT2D eigenvalue weighted by Crippen LogP contribution is 2.40. The lowest BCUT2D eigenvalue weighted by atomic mass is 10.0. The van der Waals surface area contributed by atoms with Crippen molar-refractivity contribution < 1.29 is 50.1 Å². The zero-order chi connectivity index (χ0) is 23.7. The van der Waals surface area contributed by atoms with E-state index in [4.69, 9.17) is 5.11 Å². The number of hydrogen-bond acceptors (Lipinski definition) is 5. The number of nitrogens with zero attached hydrogens (tertiary/aromatic N) is 1. The minimum Gasteiger partial charge on any atom is -0.479 e. The van der Waals surface area contributed by atoms with Crippen LogP contribution in [0.15, 0.2) is 53.6 Å². The van der Waals surface area contributed by atoms with Crippen molar-refractivity contribution in [1.29, 1.82) is 0 Å². The minimum atomic E-state index is -4.92. The van der Waals surface area contributed by atoms with E-state index in [1.807, 2.05) is 0 Å². The molecule has 6 nitrogen and oxygen atoms in total. The largest absolute Gasteiger partial charge is 0.573 e. The van der Waals surface area contributed by atoms with E-state index in [0.717, 1.165) is 24.3 Å². The maximum Gasteiger partial charge on any atom is 0.573 e. The van der Waals surface area contributed by atoms with Gasteiger partial charge in [-0.25, -0.2) is 9.18 Å². The van der Waals surface area contributed by atoms with Crippen molar-refractivity contribution in [2.45, 2.75) is 30.9 Å². The van der Waals surface area contributed by atoms with Crippen molar-refractivity contribution in [3.05, 3.63) is 59.7 Å². The Morgan fingerprint density at radius 3 is 1.62 bits per heavy atom. The van der Waals surface area contributed by atoms with E-state index >= 15 is 0 Å². The molecule has 2 unspecified atom stereocenters. The third kappa shape index (κ3) is 5.80. The van der Waals surface area contributed by atoms with Gasteiger partial charge in [0.1, 0.15) is 11.5 Å². The van der Waals surface area contributed by atoms with Gasteiger partial charge in [-0.05, 0) is 48.5 Å². The molecule has 0 radical (unpaired) electrons. The number of carboxylic acid groups (broad SMARTS) is 1. The van der Waals surface area contributed by atoms with Crippen LogP contribution in [-0.2, 0) is 4.79 Å². The number of hydrogen-bond donors (Lipinski definition) is 2. The summed E-state index contributed by atoms with van der Waals surface area (Å²) in [4.78, 5) is 10.9. The fraction of sp³-hybridized carbons (Fsp3) is 0.263. The molecule has 13 heteroatoms. The van der Waals surface area contributed by atoms with Gasteiger partial charge >= 0.3 is 18.7 Å². The highest BCUT2D eigenvalue weighted by molar-refractivity contribution is 6.12. The van der Waals surface area contributed by atoms with E-state index in [-0.39, 0.29) is 23.3 Å². The zero-order valence-corrected chi connectivity index (χ0v) is 15.7. The standard InChI is InChI=1S/C19H13F7N2O4/c20-17(16(29)30)9-14(17)27-28-15(10-1-5-12(6-2-10)31-18(21,22)23)11-3-7-13(8-4-11)32-19(24,25)26/h1-8,14,27H,9H2,(H,29,30). The lowest BCUT2D eigenvalue weighted by molar-refractivity contribution is -0.275. The lowest BCUT2D eigenvalue weighted by Crippen LogP contribution is -2.28. The molecule has 0 aliphatic heterocycles. The van der Waals surface area contributed by atoms with E-state index in [9.17, 15) is 35.5 Å². The Morgan fingerprint density at radius 2 is 1.31 bits per heavy atom. The van der Waals surface area contributed by atoms with Crippen molar-refractivity contribution in [3.8, 4) is 11.5 Å². The Hall–Kier alpha value is -3.51. The number of halogens is 7. The number of carboxylic acids is 1. The van der Waals surface area contributed by atoms with Crippen LogP contribution in [0.25, 0.3) is 0 Å². The van der Waals surface area contributed by atoms with Gasteiger partial charge in [-0.2, -0.15) is 5.10 Å². The summed E-state index contributed by atoms with van der Waals surface area (Å²) in [6.45, 7) is 0. The molecule has 0 aromatic heterocycles. The predicted molar refractivity (Wildman–Crippen MR) is 94.9 cm³/mol. The van der Waals surface area contributed by atoms with Gasteiger partial charge in [0, 0.05) is 17.5 Å². The van der Waals surface area contributed by atoms with Crippen molar-refractivity contribution in [1.82, 2.24) is 5.43 Å². The van der Waals surface area contributed by atoms with Crippen LogP contribution < -0.4 is 14.9 Å². The maximum atomic E-state index is 14.0. The minimum absolute atomic E-state index is 0.00163. The molecular weight excluding hydrogens is 453 g/mol. The van der Waals surface area contributed by atoms with Crippen LogP contribution in [0.4, 0.5) is 30.7 Å².